The zero-order valence-electron chi connectivity index (χ0n) is 18.7. The van der Waals surface area contributed by atoms with Crippen LogP contribution in [0, 0.1) is 5.82 Å². The van der Waals surface area contributed by atoms with E-state index in [1.54, 1.807) is 17.9 Å². The zero-order chi connectivity index (χ0) is 23.6. The number of esters is 1. The lowest BCUT2D eigenvalue weighted by Crippen LogP contribution is -2.44. The molecule has 0 N–H and O–H groups in total. The Morgan fingerprint density at radius 1 is 1.18 bits per heavy atom. The first-order chi connectivity index (χ1) is 15.8. The number of carbonyl (C=O) groups excluding carboxylic acids is 2. The van der Waals surface area contributed by atoms with Gasteiger partial charge in [0.05, 0.1) is 20.1 Å². The monoisotopic (exact) mass is 519 g/mol. The van der Waals surface area contributed by atoms with E-state index in [9.17, 15) is 14.0 Å². The summed E-state index contributed by atoms with van der Waals surface area (Å²) in [6.07, 6.45) is 1.69. The number of rotatable bonds is 5. The molecule has 4 rings (SSSR count). The smallest absolute Gasteiger partial charge is 0.409 e. The maximum absolute atomic E-state index is 14.1. The van der Waals surface area contributed by atoms with Gasteiger partial charge in [0.2, 0.25) is 0 Å². The predicted molar refractivity (Wildman–Crippen MR) is 124 cm³/mol. The Bertz CT molecular complexity index is 1050. The summed E-state index contributed by atoms with van der Waals surface area (Å²) < 4.78 is 31.4. The van der Waals surface area contributed by atoms with Gasteiger partial charge in [0, 0.05) is 34.6 Å². The number of nitrogens with zero attached hydrogens (tertiary/aromatic N) is 1. The Morgan fingerprint density at radius 2 is 1.94 bits per heavy atom. The summed E-state index contributed by atoms with van der Waals surface area (Å²) in [5, 5.41) is 0. The number of benzene rings is 2. The summed E-state index contributed by atoms with van der Waals surface area (Å²) in [5.41, 5.74) is 2.69. The number of halogens is 2. The highest BCUT2D eigenvalue weighted by Crippen LogP contribution is 2.53. The average Bonchev–Trinajstić information content (AvgIpc) is 3.07. The van der Waals surface area contributed by atoms with Crippen molar-refractivity contribution in [2.75, 3.05) is 26.8 Å². The van der Waals surface area contributed by atoms with E-state index in [-0.39, 0.29) is 36.6 Å². The first-order valence-corrected chi connectivity index (χ1v) is 11.9. The molecule has 2 aliphatic rings. The Kier molecular flexibility index (Phi) is 6.93. The van der Waals surface area contributed by atoms with Crippen LogP contribution in [0.4, 0.5) is 9.18 Å². The lowest BCUT2D eigenvalue weighted by atomic mass is 9.74. The van der Waals surface area contributed by atoms with E-state index in [0.717, 1.165) is 22.9 Å². The summed E-state index contributed by atoms with van der Waals surface area (Å²) in [7, 11) is 1.39. The van der Waals surface area contributed by atoms with Crippen molar-refractivity contribution in [3.05, 3.63) is 63.4 Å². The largest absolute Gasteiger partial charge is 0.485 e. The molecule has 0 saturated carbocycles. The maximum atomic E-state index is 14.1. The molecule has 33 heavy (non-hydrogen) atoms. The Morgan fingerprint density at radius 3 is 2.64 bits per heavy atom. The number of amides is 1. The van der Waals surface area contributed by atoms with Crippen molar-refractivity contribution in [3.63, 3.8) is 0 Å². The minimum absolute atomic E-state index is 0.0146. The molecule has 1 heterocycles. The molecule has 176 valence electrons. The van der Waals surface area contributed by atoms with Gasteiger partial charge in [0.25, 0.3) is 0 Å². The molecule has 8 heteroatoms. The van der Waals surface area contributed by atoms with Crippen molar-refractivity contribution in [1.29, 1.82) is 0 Å². The molecular formula is C25H27BrFNO5. The van der Waals surface area contributed by atoms with Crippen LogP contribution in [-0.2, 0) is 26.1 Å². The van der Waals surface area contributed by atoms with E-state index < -0.39 is 5.82 Å². The molecule has 1 atom stereocenters. The number of likely N-dealkylation sites (tertiary alicyclic amines) is 1. The fourth-order valence-electron chi connectivity index (χ4n) is 4.99. The van der Waals surface area contributed by atoms with Crippen molar-refractivity contribution in [2.45, 2.75) is 44.1 Å². The maximum Gasteiger partial charge on any atom is 0.409 e. The van der Waals surface area contributed by atoms with Gasteiger partial charge in [-0.2, -0.15) is 0 Å². The second-order valence-electron chi connectivity index (χ2n) is 8.51. The molecule has 1 spiro atoms. The third-order valence-corrected chi connectivity index (χ3v) is 7.09. The topological polar surface area (TPSA) is 65.1 Å². The summed E-state index contributed by atoms with van der Waals surface area (Å²) in [4.78, 5) is 25.8. The second kappa shape index (κ2) is 9.71. The van der Waals surface area contributed by atoms with Gasteiger partial charge in [-0.1, -0.05) is 28.1 Å². The van der Waals surface area contributed by atoms with Gasteiger partial charge in [0.1, 0.15) is 17.7 Å². The molecule has 2 aromatic rings. The first-order valence-electron chi connectivity index (χ1n) is 11.1. The zero-order valence-corrected chi connectivity index (χ0v) is 20.3. The summed E-state index contributed by atoms with van der Waals surface area (Å²) in [5.74, 6) is -0.454. The van der Waals surface area contributed by atoms with Crippen LogP contribution in [0.25, 0.3) is 0 Å². The van der Waals surface area contributed by atoms with E-state index in [0.29, 0.717) is 30.8 Å². The predicted octanol–water partition coefficient (Wildman–Crippen LogP) is 5.32. The van der Waals surface area contributed by atoms with E-state index in [1.165, 1.54) is 24.8 Å². The number of carbonyl (C=O) groups is 2. The third-order valence-electron chi connectivity index (χ3n) is 6.60. The molecule has 1 fully saturated rings. The summed E-state index contributed by atoms with van der Waals surface area (Å²) in [6, 6.07) is 10.4. The molecule has 1 unspecified atom stereocenters. The van der Waals surface area contributed by atoms with Gasteiger partial charge in [-0.3, -0.25) is 4.79 Å². The van der Waals surface area contributed by atoms with E-state index >= 15 is 0 Å². The summed E-state index contributed by atoms with van der Waals surface area (Å²) >= 11 is 3.56. The van der Waals surface area contributed by atoms with Crippen LogP contribution in [0.1, 0.15) is 49.0 Å². The quantitative estimate of drug-likeness (QED) is 0.500. The van der Waals surface area contributed by atoms with Crippen LogP contribution in [-0.4, -0.2) is 43.8 Å². The highest BCUT2D eigenvalue weighted by Gasteiger charge is 2.47. The Hall–Kier alpha value is -2.61. The third kappa shape index (κ3) is 4.86. The first kappa shape index (κ1) is 23.5. The number of fused-ring (bicyclic) bond motifs is 2. The van der Waals surface area contributed by atoms with E-state index in [4.69, 9.17) is 14.2 Å². The number of methoxy groups -OCH3 is 1. The molecule has 1 aliphatic heterocycles. The van der Waals surface area contributed by atoms with Crippen molar-refractivity contribution in [3.8, 4) is 5.75 Å². The molecule has 2 aromatic carbocycles. The molecule has 6 nitrogen and oxygen atoms in total. The number of hydrogen-bond acceptors (Lipinski definition) is 5. The van der Waals surface area contributed by atoms with Crippen LogP contribution in [0.3, 0.4) is 0 Å². The SMILES string of the molecule is CCOC(=O)Cc1ccc(F)cc1OC1CC2(CCN(C(=O)OC)CC2)c2ccc(Br)cc21. The standard InChI is InChI=1S/C25H27BrFNO5/c1-3-32-23(29)12-16-4-6-18(27)14-21(16)33-22-15-25(20-7-5-17(26)13-19(20)22)8-10-28(11-9-25)24(30)31-2/h4-7,13-14,22H,3,8-12,15H2,1-2H3. The fourth-order valence-corrected chi connectivity index (χ4v) is 5.37. The van der Waals surface area contributed by atoms with Crippen molar-refractivity contribution < 1.29 is 28.2 Å². The minimum Gasteiger partial charge on any atom is -0.485 e. The van der Waals surface area contributed by atoms with Gasteiger partial charge in [-0.25, -0.2) is 9.18 Å². The molecule has 1 aliphatic carbocycles. The fraction of sp³-hybridized carbons (Fsp3) is 0.440. The highest BCUT2D eigenvalue weighted by molar-refractivity contribution is 9.10. The normalized spacial score (nSPS) is 18.7. The number of ether oxygens (including phenoxy) is 3. The second-order valence-corrected chi connectivity index (χ2v) is 9.43. The lowest BCUT2D eigenvalue weighted by molar-refractivity contribution is -0.142. The van der Waals surface area contributed by atoms with Crippen molar-refractivity contribution >= 4 is 28.0 Å². The number of hydrogen-bond donors (Lipinski definition) is 0. The molecule has 0 aromatic heterocycles. The van der Waals surface area contributed by atoms with Gasteiger partial charge >= 0.3 is 12.1 Å². The lowest BCUT2D eigenvalue weighted by Gasteiger charge is -2.39. The average molecular weight is 520 g/mol. The van der Waals surface area contributed by atoms with Gasteiger partial charge in [-0.05, 0) is 55.5 Å². The molecular weight excluding hydrogens is 493 g/mol. The molecule has 1 saturated heterocycles. The van der Waals surface area contributed by atoms with E-state index in [1.807, 2.05) is 12.1 Å². The van der Waals surface area contributed by atoms with Gasteiger partial charge in [-0.15, -0.1) is 0 Å². The molecule has 0 bridgehead atoms. The minimum atomic E-state index is -0.425. The summed E-state index contributed by atoms with van der Waals surface area (Å²) in [6.45, 7) is 3.23. The highest BCUT2D eigenvalue weighted by atomic mass is 79.9. The Labute approximate surface area is 201 Å². The van der Waals surface area contributed by atoms with Crippen molar-refractivity contribution in [2.24, 2.45) is 0 Å². The van der Waals surface area contributed by atoms with Gasteiger partial charge in [0.15, 0.2) is 0 Å². The van der Waals surface area contributed by atoms with Crippen LogP contribution < -0.4 is 4.74 Å². The van der Waals surface area contributed by atoms with Crippen LogP contribution in [0.15, 0.2) is 40.9 Å². The number of piperidine rings is 1. The van der Waals surface area contributed by atoms with E-state index in [2.05, 4.69) is 22.0 Å². The Balaban J connectivity index is 1.62. The molecule has 0 radical (unpaired) electrons. The molecule has 1 amide bonds. The van der Waals surface area contributed by atoms with Gasteiger partial charge < -0.3 is 19.1 Å². The van der Waals surface area contributed by atoms with Crippen LogP contribution in [0.2, 0.25) is 0 Å². The van der Waals surface area contributed by atoms with Crippen LogP contribution in [0.5, 0.6) is 5.75 Å². The van der Waals surface area contributed by atoms with Crippen LogP contribution >= 0.6 is 15.9 Å². The van der Waals surface area contributed by atoms with Crippen molar-refractivity contribution in [1.82, 2.24) is 4.90 Å².